The molecule has 0 radical (unpaired) electrons. The van der Waals surface area contributed by atoms with Gasteiger partial charge in [0.1, 0.15) is 0 Å². The third-order valence-corrected chi connectivity index (χ3v) is 1.59. The second kappa shape index (κ2) is 3.92. The van der Waals surface area contributed by atoms with Gasteiger partial charge in [0.05, 0.1) is 0 Å². The van der Waals surface area contributed by atoms with Crippen molar-refractivity contribution in [1.29, 1.82) is 0 Å². The van der Waals surface area contributed by atoms with Crippen LogP contribution in [-0.2, 0) is 0 Å². The molecule has 0 bridgehead atoms. The molecule has 80 valence electrons. The molecule has 0 aromatic carbocycles. The van der Waals surface area contributed by atoms with Crippen LogP contribution in [0.25, 0.3) is 11.5 Å². The molecule has 4 N–H and O–H groups in total. The molecule has 9 nitrogen and oxygen atoms in total. The SMILES string of the molecule is NCCNc1nonc1-c1noc(=O)[nH]1. The summed E-state index contributed by atoms with van der Waals surface area (Å²) in [6, 6.07) is 0. The lowest BCUT2D eigenvalue weighted by molar-refractivity contribution is 0.309. The molecular weight excluding hydrogens is 204 g/mol. The Balaban J connectivity index is 2.28. The quantitative estimate of drug-likeness (QED) is 0.573. The third kappa shape index (κ3) is 1.86. The zero-order valence-electron chi connectivity index (χ0n) is 7.56. The van der Waals surface area contributed by atoms with E-state index in [1.807, 2.05) is 0 Å². The molecule has 0 aliphatic carbocycles. The van der Waals surface area contributed by atoms with Crippen LogP contribution in [0.1, 0.15) is 0 Å². The smallest absolute Gasteiger partial charge is 0.364 e. The number of aromatic amines is 1. The van der Waals surface area contributed by atoms with Gasteiger partial charge in [0.25, 0.3) is 0 Å². The van der Waals surface area contributed by atoms with Crippen molar-refractivity contribution < 1.29 is 9.15 Å². The van der Waals surface area contributed by atoms with Crippen LogP contribution in [0.2, 0.25) is 0 Å². The van der Waals surface area contributed by atoms with E-state index in [0.717, 1.165) is 0 Å². The maximum absolute atomic E-state index is 10.7. The van der Waals surface area contributed by atoms with Gasteiger partial charge < -0.3 is 11.1 Å². The summed E-state index contributed by atoms with van der Waals surface area (Å²) in [6.07, 6.45) is 0. The Kier molecular flexibility index (Phi) is 2.46. The van der Waals surface area contributed by atoms with Crippen LogP contribution in [-0.4, -0.2) is 33.5 Å². The number of anilines is 1. The second-order valence-corrected chi connectivity index (χ2v) is 2.62. The highest BCUT2D eigenvalue weighted by Crippen LogP contribution is 2.18. The van der Waals surface area contributed by atoms with Crippen molar-refractivity contribution in [3.05, 3.63) is 10.6 Å². The summed E-state index contributed by atoms with van der Waals surface area (Å²) in [4.78, 5) is 13.0. The normalized spacial score (nSPS) is 10.5. The number of hydrogen-bond acceptors (Lipinski definition) is 8. The summed E-state index contributed by atoms with van der Waals surface area (Å²) < 4.78 is 8.82. The maximum Gasteiger partial charge on any atom is 0.439 e. The molecule has 0 amide bonds. The number of nitrogens with zero attached hydrogens (tertiary/aromatic N) is 3. The van der Waals surface area contributed by atoms with Crippen molar-refractivity contribution in [1.82, 2.24) is 20.5 Å². The topological polar surface area (TPSA) is 136 Å². The zero-order chi connectivity index (χ0) is 10.7. The van der Waals surface area contributed by atoms with Gasteiger partial charge >= 0.3 is 5.76 Å². The van der Waals surface area contributed by atoms with E-state index >= 15 is 0 Å². The van der Waals surface area contributed by atoms with Crippen molar-refractivity contribution in [3.8, 4) is 11.5 Å². The van der Waals surface area contributed by atoms with Crippen LogP contribution in [0.3, 0.4) is 0 Å². The van der Waals surface area contributed by atoms with Crippen LogP contribution in [0.4, 0.5) is 5.82 Å². The molecule has 0 unspecified atom stereocenters. The van der Waals surface area contributed by atoms with E-state index in [0.29, 0.717) is 18.9 Å². The van der Waals surface area contributed by atoms with Gasteiger partial charge in [-0.2, -0.15) is 0 Å². The highest BCUT2D eigenvalue weighted by molar-refractivity contribution is 5.63. The molecule has 2 heterocycles. The van der Waals surface area contributed by atoms with Crippen LogP contribution in [0, 0.1) is 0 Å². The fraction of sp³-hybridized carbons (Fsp3) is 0.333. The summed E-state index contributed by atoms with van der Waals surface area (Å²) >= 11 is 0. The zero-order valence-corrected chi connectivity index (χ0v) is 7.56. The highest BCUT2D eigenvalue weighted by Gasteiger charge is 2.15. The van der Waals surface area contributed by atoms with E-state index in [4.69, 9.17) is 5.73 Å². The summed E-state index contributed by atoms with van der Waals surface area (Å²) in [5, 5.41) is 13.5. The predicted octanol–water partition coefficient (Wildman–Crippen LogP) is -1.22. The molecular formula is C6H8N6O3. The molecule has 0 aliphatic heterocycles. The van der Waals surface area contributed by atoms with E-state index in [-0.39, 0.29) is 11.5 Å². The van der Waals surface area contributed by atoms with Gasteiger partial charge in [0.2, 0.25) is 11.6 Å². The van der Waals surface area contributed by atoms with Crippen LogP contribution in [0.5, 0.6) is 0 Å². The first-order valence-electron chi connectivity index (χ1n) is 4.14. The Morgan fingerprint density at radius 3 is 2.93 bits per heavy atom. The van der Waals surface area contributed by atoms with Gasteiger partial charge in [-0.3, -0.25) is 9.51 Å². The van der Waals surface area contributed by atoms with Gasteiger partial charge in [-0.05, 0) is 10.3 Å². The van der Waals surface area contributed by atoms with Crippen LogP contribution >= 0.6 is 0 Å². The van der Waals surface area contributed by atoms with Crippen LogP contribution in [0.15, 0.2) is 13.9 Å². The molecule has 0 atom stereocenters. The van der Waals surface area contributed by atoms with E-state index < -0.39 is 5.76 Å². The van der Waals surface area contributed by atoms with Crippen molar-refractivity contribution in [2.45, 2.75) is 0 Å². The Bertz CT molecular complexity index is 485. The number of nitrogens with one attached hydrogen (secondary N) is 2. The van der Waals surface area contributed by atoms with Crippen molar-refractivity contribution >= 4 is 5.82 Å². The minimum Gasteiger partial charge on any atom is -0.364 e. The van der Waals surface area contributed by atoms with Gasteiger partial charge in [-0.15, -0.1) is 0 Å². The molecule has 2 aromatic rings. The van der Waals surface area contributed by atoms with Gasteiger partial charge in [-0.25, -0.2) is 9.42 Å². The number of rotatable bonds is 4. The van der Waals surface area contributed by atoms with Gasteiger partial charge in [0, 0.05) is 13.1 Å². The molecule has 0 saturated heterocycles. The third-order valence-electron chi connectivity index (χ3n) is 1.59. The predicted molar refractivity (Wildman–Crippen MR) is 48.0 cm³/mol. The summed E-state index contributed by atoms with van der Waals surface area (Å²) in [6.45, 7) is 0.935. The molecule has 9 heteroatoms. The lowest BCUT2D eigenvalue weighted by Gasteiger charge is -1.97. The average molecular weight is 212 g/mol. The average Bonchev–Trinajstić information content (AvgIpc) is 2.82. The summed E-state index contributed by atoms with van der Waals surface area (Å²) in [5.74, 6) is -0.163. The fourth-order valence-corrected chi connectivity index (χ4v) is 0.982. The number of H-pyrrole nitrogens is 1. The monoisotopic (exact) mass is 212 g/mol. The maximum atomic E-state index is 10.7. The molecule has 2 rings (SSSR count). The number of nitrogens with two attached hydrogens (primary N) is 1. The number of aromatic nitrogens is 4. The molecule has 2 aromatic heterocycles. The Labute approximate surface area is 82.6 Å². The molecule has 0 aliphatic rings. The largest absolute Gasteiger partial charge is 0.439 e. The van der Waals surface area contributed by atoms with E-state index in [1.165, 1.54) is 0 Å². The summed E-state index contributed by atoms with van der Waals surface area (Å²) in [7, 11) is 0. The Morgan fingerprint density at radius 1 is 1.40 bits per heavy atom. The first-order valence-corrected chi connectivity index (χ1v) is 4.14. The molecule has 0 saturated carbocycles. The Hall–Kier alpha value is -2.16. The van der Waals surface area contributed by atoms with E-state index in [2.05, 4.69) is 34.9 Å². The lowest BCUT2D eigenvalue weighted by atomic mass is 10.4. The van der Waals surface area contributed by atoms with Crippen molar-refractivity contribution in [3.63, 3.8) is 0 Å². The fourth-order valence-electron chi connectivity index (χ4n) is 0.982. The summed E-state index contributed by atoms with van der Waals surface area (Å²) in [5.41, 5.74) is 5.58. The van der Waals surface area contributed by atoms with Gasteiger partial charge in [-0.1, -0.05) is 5.16 Å². The van der Waals surface area contributed by atoms with Crippen LogP contribution < -0.4 is 16.8 Å². The van der Waals surface area contributed by atoms with Crippen molar-refractivity contribution in [2.75, 3.05) is 18.4 Å². The lowest BCUT2D eigenvalue weighted by Crippen LogP contribution is -2.13. The number of hydrogen-bond donors (Lipinski definition) is 3. The standard InChI is InChI=1S/C6H8N6O3/c7-1-2-8-4-3(10-15-12-4)5-9-6(13)14-11-5/h1-2,7H2,(H,8,12)(H,9,11,13). The minimum absolute atomic E-state index is 0.153. The highest BCUT2D eigenvalue weighted by atomic mass is 16.6. The second-order valence-electron chi connectivity index (χ2n) is 2.62. The van der Waals surface area contributed by atoms with Crippen molar-refractivity contribution in [2.24, 2.45) is 5.73 Å². The molecule has 0 spiro atoms. The van der Waals surface area contributed by atoms with Gasteiger partial charge in [0.15, 0.2) is 5.69 Å². The minimum atomic E-state index is -0.669. The van der Waals surface area contributed by atoms with E-state index in [1.54, 1.807) is 0 Å². The Morgan fingerprint density at radius 2 is 2.27 bits per heavy atom. The first kappa shape index (κ1) is 9.40. The van der Waals surface area contributed by atoms with E-state index in [9.17, 15) is 4.79 Å². The molecule has 15 heavy (non-hydrogen) atoms. The molecule has 0 fully saturated rings. The first-order chi connectivity index (χ1) is 7.31.